The molecule has 0 radical (unpaired) electrons. The molecule has 4 nitrogen and oxygen atoms in total. The minimum atomic E-state index is 0.112. The molecule has 146 valence electrons. The summed E-state index contributed by atoms with van der Waals surface area (Å²) in [6.45, 7) is 0. The first-order chi connectivity index (χ1) is 14.1. The van der Waals surface area contributed by atoms with Crippen molar-refractivity contribution in [2.75, 3.05) is 12.8 Å². The summed E-state index contributed by atoms with van der Waals surface area (Å²) >= 11 is 1.46. The summed E-state index contributed by atoms with van der Waals surface area (Å²) in [7, 11) is 1.67. The van der Waals surface area contributed by atoms with Crippen LogP contribution in [0.25, 0.3) is 11.1 Å². The van der Waals surface area contributed by atoms with Gasteiger partial charge in [0.15, 0.2) is 5.13 Å². The number of rotatable bonds is 6. The molecule has 29 heavy (non-hydrogen) atoms. The predicted molar refractivity (Wildman–Crippen MR) is 119 cm³/mol. The molecular formula is C24H22N2O2S. The van der Waals surface area contributed by atoms with Crippen molar-refractivity contribution in [3.8, 4) is 22.6 Å². The number of phenols is 1. The van der Waals surface area contributed by atoms with E-state index in [0.717, 1.165) is 29.0 Å². The summed E-state index contributed by atoms with van der Waals surface area (Å²) < 4.78 is 5.29. The van der Waals surface area contributed by atoms with Crippen LogP contribution in [0.2, 0.25) is 0 Å². The molecule has 4 aromatic rings. The molecular weight excluding hydrogens is 380 g/mol. The first kappa shape index (κ1) is 19.0. The number of methoxy groups -OCH3 is 1. The van der Waals surface area contributed by atoms with Crippen LogP contribution < -0.4 is 10.5 Å². The average molecular weight is 403 g/mol. The maximum atomic E-state index is 9.71. The zero-order valence-corrected chi connectivity index (χ0v) is 16.9. The third kappa shape index (κ3) is 4.41. The van der Waals surface area contributed by atoms with Gasteiger partial charge in [0.25, 0.3) is 0 Å². The predicted octanol–water partition coefficient (Wildman–Crippen LogP) is 5.48. The molecule has 0 unspecified atom stereocenters. The maximum absolute atomic E-state index is 9.71. The second kappa shape index (κ2) is 8.37. The van der Waals surface area contributed by atoms with Gasteiger partial charge in [0.2, 0.25) is 0 Å². The molecule has 5 heteroatoms. The highest BCUT2D eigenvalue weighted by Gasteiger charge is 2.18. The van der Waals surface area contributed by atoms with E-state index in [-0.39, 0.29) is 11.7 Å². The van der Waals surface area contributed by atoms with E-state index in [4.69, 9.17) is 10.5 Å². The second-order valence-corrected chi connectivity index (χ2v) is 7.78. The normalized spacial score (nSPS) is 11.9. The summed E-state index contributed by atoms with van der Waals surface area (Å²) in [5.41, 5.74) is 11.3. The molecule has 0 aliphatic carbocycles. The minimum absolute atomic E-state index is 0.112. The second-order valence-electron chi connectivity index (χ2n) is 6.89. The number of thiazole rings is 1. The lowest BCUT2D eigenvalue weighted by atomic mass is 9.89. The average Bonchev–Trinajstić information content (AvgIpc) is 3.18. The lowest BCUT2D eigenvalue weighted by Gasteiger charge is -2.16. The molecule has 0 spiro atoms. The molecule has 0 fully saturated rings. The number of hydrogen-bond acceptors (Lipinski definition) is 5. The highest BCUT2D eigenvalue weighted by Crippen LogP contribution is 2.32. The van der Waals surface area contributed by atoms with E-state index < -0.39 is 0 Å². The summed E-state index contributed by atoms with van der Waals surface area (Å²) in [6, 6.07) is 23.8. The van der Waals surface area contributed by atoms with Crippen LogP contribution in [0, 0.1) is 0 Å². The fraction of sp³-hybridized carbons (Fsp3) is 0.125. The Morgan fingerprint density at radius 1 is 1.00 bits per heavy atom. The van der Waals surface area contributed by atoms with Gasteiger partial charge in [-0.2, -0.15) is 0 Å². The topological polar surface area (TPSA) is 68.4 Å². The molecule has 1 atom stereocenters. The van der Waals surface area contributed by atoms with E-state index in [1.165, 1.54) is 22.5 Å². The molecule has 1 aromatic heterocycles. The van der Waals surface area contributed by atoms with E-state index in [2.05, 4.69) is 41.4 Å². The van der Waals surface area contributed by atoms with Crippen LogP contribution in [-0.4, -0.2) is 17.2 Å². The SMILES string of the molecule is COc1ccc([C@H](Cc2ccc(-c3cccc(O)c3)cc2)c2csc(N)n2)cc1. The monoisotopic (exact) mass is 402 g/mol. The molecule has 3 N–H and O–H groups in total. The maximum Gasteiger partial charge on any atom is 0.180 e. The van der Waals surface area contributed by atoms with Gasteiger partial charge >= 0.3 is 0 Å². The van der Waals surface area contributed by atoms with E-state index in [9.17, 15) is 5.11 Å². The molecule has 1 heterocycles. The molecule has 0 bridgehead atoms. The first-order valence-corrected chi connectivity index (χ1v) is 10.2. The Morgan fingerprint density at radius 3 is 2.38 bits per heavy atom. The molecule has 0 amide bonds. The Kier molecular flexibility index (Phi) is 5.49. The van der Waals surface area contributed by atoms with Crippen molar-refractivity contribution < 1.29 is 9.84 Å². The Bertz CT molecular complexity index is 1090. The smallest absolute Gasteiger partial charge is 0.180 e. The Labute approximate surface area is 174 Å². The van der Waals surface area contributed by atoms with E-state index in [1.54, 1.807) is 19.2 Å². The number of nitrogens with two attached hydrogens (primary N) is 1. The summed E-state index contributed by atoms with van der Waals surface area (Å²) in [5, 5.41) is 12.3. The van der Waals surface area contributed by atoms with Crippen molar-refractivity contribution in [1.82, 2.24) is 4.98 Å². The highest BCUT2D eigenvalue weighted by molar-refractivity contribution is 7.13. The number of aromatic nitrogens is 1. The van der Waals surface area contributed by atoms with Crippen molar-refractivity contribution >= 4 is 16.5 Å². The van der Waals surface area contributed by atoms with Crippen molar-refractivity contribution in [1.29, 1.82) is 0 Å². The first-order valence-electron chi connectivity index (χ1n) is 9.35. The zero-order chi connectivity index (χ0) is 20.2. The number of aromatic hydroxyl groups is 1. The molecule has 0 saturated heterocycles. The molecule has 0 aliphatic heterocycles. The summed E-state index contributed by atoms with van der Waals surface area (Å²) in [6.07, 6.45) is 0.815. The Morgan fingerprint density at radius 2 is 1.76 bits per heavy atom. The fourth-order valence-corrected chi connectivity index (χ4v) is 4.06. The molecule has 4 rings (SSSR count). The molecule has 3 aromatic carbocycles. The van der Waals surface area contributed by atoms with Gasteiger partial charge < -0.3 is 15.6 Å². The third-order valence-corrected chi connectivity index (χ3v) is 5.68. The van der Waals surface area contributed by atoms with Gasteiger partial charge in [0.1, 0.15) is 11.5 Å². The van der Waals surface area contributed by atoms with Gasteiger partial charge in [0.05, 0.1) is 12.8 Å². The Hall–Kier alpha value is -3.31. The van der Waals surface area contributed by atoms with Crippen LogP contribution in [0.3, 0.4) is 0 Å². The van der Waals surface area contributed by atoms with E-state index in [1.807, 2.05) is 29.6 Å². The largest absolute Gasteiger partial charge is 0.508 e. The van der Waals surface area contributed by atoms with Gasteiger partial charge in [-0.25, -0.2) is 4.98 Å². The van der Waals surface area contributed by atoms with Crippen LogP contribution in [0.1, 0.15) is 22.7 Å². The Balaban J connectivity index is 1.62. The van der Waals surface area contributed by atoms with Crippen LogP contribution in [0.5, 0.6) is 11.5 Å². The van der Waals surface area contributed by atoms with Crippen molar-refractivity contribution in [2.45, 2.75) is 12.3 Å². The van der Waals surface area contributed by atoms with Gasteiger partial charge in [0, 0.05) is 11.3 Å². The number of ether oxygens (including phenoxy) is 1. The minimum Gasteiger partial charge on any atom is -0.508 e. The van der Waals surface area contributed by atoms with Gasteiger partial charge in [-0.1, -0.05) is 48.5 Å². The van der Waals surface area contributed by atoms with E-state index in [0.29, 0.717) is 5.13 Å². The number of nitrogen functional groups attached to an aromatic ring is 1. The number of benzene rings is 3. The molecule has 0 aliphatic rings. The lowest BCUT2D eigenvalue weighted by molar-refractivity contribution is 0.414. The van der Waals surface area contributed by atoms with Gasteiger partial charge in [-0.05, 0) is 52.9 Å². The third-order valence-electron chi connectivity index (χ3n) is 4.99. The highest BCUT2D eigenvalue weighted by atomic mass is 32.1. The van der Waals surface area contributed by atoms with Crippen LogP contribution in [-0.2, 0) is 6.42 Å². The molecule has 0 saturated carbocycles. The summed E-state index contributed by atoms with van der Waals surface area (Å²) in [4.78, 5) is 4.54. The number of nitrogens with zero attached hydrogens (tertiary/aromatic N) is 1. The fourth-order valence-electron chi connectivity index (χ4n) is 3.44. The number of hydrogen-bond donors (Lipinski definition) is 2. The van der Waals surface area contributed by atoms with Crippen molar-refractivity contribution in [2.24, 2.45) is 0 Å². The quantitative estimate of drug-likeness (QED) is 0.448. The number of phenolic OH excluding ortho intramolecular Hbond substituents is 1. The summed E-state index contributed by atoms with van der Waals surface area (Å²) in [5.74, 6) is 1.22. The van der Waals surface area contributed by atoms with Crippen molar-refractivity contribution in [3.63, 3.8) is 0 Å². The van der Waals surface area contributed by atoms with Gasteiger partial charge in [-0.15, -0.1) is 11.3 Å². The van der Waals surface area contributed by atoms with Crippen LogP contribution in [0.15, 0.2) is 78.2 Å². The van der Waals surface area contributed by atoms with Crippen molar-refractivity contribution in [3.05, 3.63) is 95.0 Å². The lowest BCUT2D eigenvalue weighted by Crippen LogP contribution is -2.06. The number of anilines is 1. The van der Waals surface area contributed by atoms with Gasteiger partial charge in [-0.3, -0.25) is 0 Å². The zero-order valence-electron chi connectivity index (χ0n) is 16.1. The van der Waals surface area contributed by atoms with Crippen LogP contribution >= 0.6 is 11.3 Å². The van der Waals surface area contributed by atoms with E-state index >= 15 is 0 Å². The van der Waals surface area contributed by atoms with Crippen LogP contribution in [0.4, 0.5) is 5.13 Å². The standard InChI is InChI=1S/C24H22N2O2S/c1-28-21-11-9-18(10-12-21)22(23-15-29-24(25)26-23)13-16-5-7-17(8-6-16)19-3-2-4-20(27)14-19/h2-12,14-15,22,27H,13H2,1H3,(H2,25,26)/t22-/m0/s1.